The molecule has 0 atom stereocenters. The molecule has 1 heterocycles. The van der Waals surface area contributed by atoms with E-state index in [0.29, 0.717) is 4.88 Å². The first-order valence-electron chi connectivity index (χ1n) is 6.06. The predicted octanol–water partition coefficient (Wildman–Crippen LogP) is 2.90. The zero-order valence-electron chi connectivity index (χ0n) is 11.1. The van der Waals surface area contributed by atoms with Crippen LogP contribution in [0.5, 0.6) is 0 Å². The minimum atomic E-state index is -0.945. The van der Waals surface area contributed by atoms with Gasteiger partial charge in [-0.25, -0.2) is 4.39 Å². The molecule has 20 heavy (non-hydrogen) atoms. The Morgan fingerprint density at radius 2 is 2.10 bits per heavy atom. The van der Waals surface area contributed by atoms with E-state index >= 15 is 0 Å². The Morgan fingerprint density at radius 1 is 1.40 bits per heavy atom. The van der Waals surface area contributed by atoms with Gasteiger partial charge >= 0.3 is 5.97 Å². The summed E-state index contributed by atoms with van der Waals surface area (Å²) in [5, 5.41) is 9.49. The summed E-state index contributed by atoms with van der Waals surface area (Å²) >= 11 is 1.23. The molecule has 0 fully saturated rings. The van der Waals surface area contributed by atoms with Gasteiger partial charge in [0.15, 0.2) is 0 Å². The van der Waals surface area contributed by atoms with E-state index in [0.717, 1.165) is 15.6 Å². The van der Waals surface area contributed by atoms with Crippen LogP contribution < -0.4 is 0 Å². The van der Waals surface area contributed by atoms with Crippen molar-refractivity contribution in [2.24, 2.45) is 0 Å². The Morgan fingerprint density at radius 3 is 2.75 bits per heavy atom. The summed E-state index contributed by atoms with van der Waals surface area (Å²) in [5.41, 5.74) is 0.803. The summed E-state index contributed by atoms with van der Waals surface area (Å²) in [7, 11) is 1.57. The third kappa shape index (κ3) is 2.80. The molecule has 0 saturated carbocycles. The predicted molar refractivity (Wildman–Crippen MR) is 75.7 cm³/mol. The number of aliphatic carboxylic acids is 1. The molecule has 1 N–H and O–H groups in total. The number of amides is 1. The number of carbonyl (C=O) groups is 2. The number of nitrogens with zero attached hydrogens (tertiary/aromatic N) is 1. The van der Waals surface area contributed by atoms with Crippen molar-refractivity contribution in [3.63, 3.8) is 0 Å². The fraction of sp³-hybridized carbons (Fsp3) is 0.286. The fourth-order valence-corrected chi connectivity index (χ4v) is 3.17. The molecule has 0 saturated heterocycles. The van der Waals surface area contributed by atoms with Crippen LogP contribution >= 0.6 is 11.3 Å². The Balaban J connectivity index is 2.30. The van der Waals surface area contributed by atoms with Gasteiger partial charge in [0.05, 0.1) is 11.3 Å². The van der Waals surface area contributed by atoms with Crippen molar-refractivity contribution in [2.75, 3.05) is 13.6 Å². The lowest BCUT2D eigenvalue weighted by Gasteiger charge is -2.15. The molecule has 106 valence electrons. The summed E-state index contributed by atoms with van der Waals surface area (Å²) < 4.78 is 13.9. The lowest BCUT2D eigenvalue weighted by Crippen LogP contribution is -2.28. The van der Waals surface area contributed by atoms with Crippen LogP contribution in [0.15, 0.2) is 18.2 Å². The maximum absolute atomic E-state index is 13.2. The van der Waals surface area contributed by atoms with Gasteiger partial charge in [-0.2, -0.15) is 0 Å². The van der Waals surface area contributed by atoms with Crippen molar-refractivity contribution in [2.45, 2.75) is 13.3 Å². The fourth-order valence-electron chi connectivity index (χ4n) is 1.94. The summed E-state index contributed by atoms with van der Waals surface area (Å²) in [6.07, 6.45) is -0.0964. The van der Waals surface area contributed by atoms with Crippen LogP contribution in [0.4, 0.5) is 4.39 Å². The van der Waals surface area contributed by atoms with Gasteiger partial charge in [-0.15, -0.1) is 11.3 Å². The molecule has 2 aromatic rings. The first-order chi connectivity index (χ1) is 9.40. The number of hydrogen-bond donors (Lipinski definition) is 1. The molecule has 2 rings (SSSR count). The standard InChI is InChI=1S/C14H14FNO3S/c1-8-10-4-3-9(15)7-11(10)20-13(8)14(19)16(2)6-5-12(17)18/h3-4,7H,5-6H2,1-2H3,(H,17,18). The number of hydrogen-bond acceptors (Lipinski definition) is 3. The smallest absolute Gasteiger partial charge is 0.305 e. The molecule has 0 spiro atoms. The second-order valence-electron chi connectivity index (χ2n) is 4.57. The molecule has 0 radical (unpaired) electrons. The molecule has 0 unspecified atom stereocenters. The van der Waals surface area contributed by atoms with Crippen molar-refractivity contribution >= 4 is 33.3 Å². The monoisotopic (exact) mass is 295 g/mol. The molecule has 0 aliphatic heterocycles. The van der Waals surface area contributed by atoms with Crippen LogP contribution in [0.1, 0.15) is 21.7 Å². The number of aryl methyl sites for hydroxylation is 1. The van der Waals surface area contributed by atoms with E-state index in [1.165, 1.54) is 28.4 Å². The first kappa shape index (κ1) is 14.5. The quantitative estimate of drug-likeness (QED) is 0.943. The van der Waals surface area contributed by atoms with Crippen molar-refractivity contribution in [3.05, 3.63) is 34.5 Å². The maximum Gasteiger partial charge on any atom is 0.305 e. The Hall–Kier alpha value is -1.95. The number of rotatable bonds is 4. The van der Waals surface area contributed by atoms with E-state index in [1.54, 1.807) is 13.1 Å². The van der Waals surface area contributed by atoms with Gasteiger partial charge in [0, 0.05) is 18.3 Å². The van der Waals surface area contributed by atoms with Gasteiger partial charge in [0.2, 0.25) is 0 Å². The summed E-state index contributed by atoms with van der Waals surface area (Å²) in [6, 6.07) is 4.43. The number of fused-ring (bicyclic) bond motifs is 1. The Labute approximate surface area is 119 Å². The van der Waals surface area contributed by atoms with Gasteiger partial charge in [-0.1, -0.05) is 6.07 Å². The average molecular weight is 295 g/mol. The largest absolute Gasteiger partial charge is 0.481 e. The Bertz CT molecular complexity index is 680. The zero-order chi connectivity index (χ0) is 14.9. The van der Waals surface area contributed by atoms with E-state index in [-0.39, 0.29) is 24.7 Å². The van der Waals surface area contributed by atoms with Gasteiger partial charge in [-0.3, -0.25) is 9.59 Å². The maximum atomic E-state index is 13.2. The molecule has 4 nitrogen and oxygen atoms in total. The molecule has 0 bridgehead atoms. The van der Waals surface area contributed by atoms with Crippen LogP contribution in [0.3, 0.4) is 0 Å². The van der Waals surface area contributed by atoms with Crippen molar-refractivity contribution < 1.29 is 19.1 Å². The van der Waals surface area contributed by atoms with E-state index in [4.69, 9.17) is 5.11 Å². The second-order valence-corrected chi connectivity index (χ2v) is 5.62. The van der Waals surface area contributed by atoms with Crippen LogP contribution in [0.25, 0.3) is 10.1 Å². The number of carboxylic acids is 1. The van der Waals surface area contributed by atoms with Crippen LogP contribution in [-0.4, -0.2) is 35.5 Å². The number of carbonyl (C=O) groups excluding carboxylic acids is 1. The third-order valence-electron chi connectivity index (χ3n) is 3.10. The summed E-state index contributed by atoms with van der Waals surface area (Å²) in [5.74, 6) is -1.51. The van der Waals surface area contributed by atoms with Gasteiger partial charge < -0.3 is 10.0 Å². The lowest BCUT2D eigenvalue weighted by atomic mass is 10.1. The van der Waals surface area contributed by atoms with Gasteiger partial charge in [-0.05, 0) is 30.0 Å². The second kappa shape index (κ2) is 5.58. The van der Waals surface area contributed by atoms with E-state index < -0.39 is 5.97 Å². The van der Waals surface area contributed by atoms with E-state index in [9.17, 15) is 14.0 Å². The number of thiophene rings is 1. The van der Waals surface area contributed by atoms with E-state index in [2.05, 4.69) is 0 Å². The molecular weight excluding hydrogens is 281 g/mol. The molecule has 0 aliphatic rings. The third-order valence-corrected chi connectivity index (χ3v) is 4.34. The molecular formula is C14H14FNO3S. The molecule has 1 amide bonds. The van der Waals surface area contributed by atoms with Crippen molar-refractivity contribution in [1.82, 2.24) is 4.90 Å². The highest BCUT2D eigenvalue weighted by Crippen LogP contribution is 2.32. The lowest BCUT2D eigenvalue weighted by molar-refractivity contribution is -0.137. The highest BCUT2D eigenvalue weighted by Gasteiger charge is 2.19. The number of carboxylic acid groups (broad SMARTS) is 1. The molecule has 1 aromatic heterocycles. The van der Waals surface area contributed by atoms with Crippen LogP contribution in [0, 0.1) is 12.7 Å². The first-order valence-corrected chi connectivity index (χ1v) is 6.87. The summed E-state index contributed by atoms with van der Waals surface area (Å²) in [4.78, 5) is 24.7. The number of benzene rings is 1. The van der Waals surface area contributed by atoms with Crippen LogP contribution in [0.2, 0.25) is 0 Å². The van der Waals surface area contributed by atoms with Crippen molar-refractivity contribution in [1.29, 1.82) is 0 Å². The van der Waals surface area contributed by atoms with Crippen LogP contribution in [-0.2, 0) is 4.79 Å². The highest BCUT2D eigenvalue weighted by atomic mass is 32.1. The van der Waals surface area contributed by atoms with E-state index in [1.807, 2.05) is 6.92 Å². The molecule has 6 heteroatoms. The average Bonchev–Trinajstić information content (AvgIpc) is 2.71. The molecule has 0 aliphatic carbocycles. The SMILES string of the molecule is Cc1c(C(=O)N(C)CCC(=O)O)sc2cc(F)ccc12. The molecule has 1 aromatic carbocycles. The zero-order valence-corrected chi connectivity index (χ0v) is 12.0. The minimum Gasteiger partial charge on any atom is -0.481 e. The highest BCUT2D eigenvalue weighted by molar-refractivity contribution is 7.21. The van der Waals surface area contributed by atoms with Gasteiger partial charge in [0.1, 0.15) is 5.82 Å². The van der Waals surface area contributed by atoms with Crippen molar-refractivity contribution in [3.8, 4) is 0 Å². The Kier molecular flexibility index (Phi) is 4.04. The topological polar surface area (TPSA) is 57.6 Å². The minimum absolute atomic E-state index is 0.0964. The normalized spacial score (nSPS) is 10.8. The number of halogens is 1. The summed E-state index contributed by atoms with van der Waals surface area (Å²) in [6.45, 7) is 1.96. The van der Waals surface area contributed by atoms with Gasteiger partial charge in [0.25, 0.3) is 5.91 Å².